The van der Waals surface area contributed by atoms with Gasteiger partial charge in [-0.25, -0.2) is 4.98 Å². The van der Waals surface area contributed by atoms with Crippen molar-refractivity contribution in [3.05, 3.63) is 281 Å². The van der Waals surface area contributed by atoms with Gasteiger partial charge in [-0.3, -0.25) is 8.97 Å². The second-order valence-corrected chi connectivity index (χ2v) is 46.0. The van der Waals surface area contributed by atoms with Crippen LogP contribution in [0.4, 0.5) is 0 Å². The Bertz CT molecular complexity index is 6630. The molecule has 0 aliphatic carbocycles. The van der Waals surface area contributed by atoms with Crippen LogP contribution in [0.3, 0.4) is 0 Å². The van der Waals surface area contributed by atoms with E-state index in [0.29, 0.717) is 56.1 Å². The maximum atomic E-state index is 9.34. The van der Waals surface area contributed by atoms with Crippen LogP contribution in [0.25, 0.3) is 89.2 Å². The quantitative estimate of drug-likeness (QED) is 0.147. The molecule has 14 aromatic rings. The molecule has 544 valence electrons. The average molecular weight is 1510 g/mol. The zero-order valence-corrected chi connectivity index (χ0v) is 66.7. The van der Waals surface area contributed by atoms with Gasteiger partial charge in [0.15, 0.2) is 0 Å². The lowest BCUT2D eigenvalue weighted by atomic mass is 9.84. The predicted molar refractivity (Wildman–Crippen MR) is 459 cm³/mol. The van der Waals surface area contributed by atoms with Crippen molar-refractivity contribution in [2.24, 2.45) is 0 Å². The fourth-order valence-corrected chi connectivity index (χ4v) is 24.8. The van der Waals surface area contributed by atoms with Gasteiger partial charge in [0, 0.05) is 76.0 Å². The van der Waals surface area contributed by atoms with Crippen molar-refractivity contribution in [2.75, 3.05) is 0 Å². The molecule has 12 aromatic carbocycles. The van der Waals surface area contributed by atoms with Gasteiger partial charge in [-0.1, -0.05) is 189 Å². The van der Waals surface area contributed by atoms with Crippen LogP contribution in [-0.4, -0.2) is 47.2 Å². The Morgan fingerprint density at radius 2 is 0.787 bits per heavy atom. The highest BCUT2D eigenvalue weighted by molar-refractivity contribution is 6.90. The summed E-state index contributed by atoms with van der Waals surface area (Å²) >= 11 is 0. The first-order valence-electron chi connectivity index (χ1n) is 46.3. The van der Waals surface area contributed by atoms with E-state index in [1.165, 1.54) is 43.3 Å². The number of imidazole rings is 2. The number of fused-ring (bicyclic) bond motifs is 11. The van der Waals surface area contributed by atoms with E-state index in [1.54, 1.807) is 59.2 Å². The molecule has 17 rings (SSSR count). The summed E-state index contributed by atoms with van der Waals surface area (Å²) in [5.41, 5.74) is 1.80. The van der Waals surface area contributed by atoms with Gasteiger partial charge in [0.25, 0.3) is 33.3 Å². The van der Waals surface area contributed by atoms with Crippen LogP contribution in [-0.2, 0) is 17.6 Å². The number of nitrogens with zero attached hydrogens (tertiary/aromatic N) is 3. The molecule has 2 aromatic heterocycles. The molecule has 0 radical (unpaired) electrons. The van der Waals surface area contributed by atoms with Crippen LogP contribution >= 0.6 is 0 Å². The number of hydrogen-bond donors (Lipinski definition) is 0. The summed E-state index contributed by atoms with van der Waals surface area (Å²) in [4.78, 5) is 4.96. The Labute approximate surface area is 669 Å². The normalized spacial score (nSPS) is 19.5. The van der Waals surface area contributed by atoms with Crippen LogP contribution in [0.1, 0.15) is 112 Å². The van der Waals surface area contributed by atoms with Crippen LogP contribution in [0.5, 0.6) is 34.5 Å². The minimum atomic E-state index is -3.04. The monoisotopic (exact) mass is 1510 g/mol. The lowest BCUT2D eigenvalue weighted by molar-refractivity contribution is 0.0526. The maximum Gasteiger partial charge on any atom is 0.280 e. The Kier molecular flexibility index (Phi) is 12.7. The molecule has 0 atom stereocenters. The number of ether oxygens (including phenoxy) is 2. The Hall–Kier alpha value is -10.4. The summed E-state index contributed by atoms with van der Waals surface area (Å²) in [5.74, 6) is 3.51. The Balaban J connectivity index is 0.000000189. The smallest absolute Gasteiger partial charge is 0.280 e. The molecule has 3 aliphatic rings. The SMILES string of the molecule is [2H]C([2H])([2H])c1ccc(-c2ccc(C([2H])([2H])C)c(-c3cccc4c3O[Si](C)(C)c3ccccc3O[Si]4(C)C)c2C([2H])([2H])[2H])c(C([2H])([2H])[2H])c1-c1cccc2c1O[Si](C)(C)c1ccccc1O[Si]2(C)C.[2H]C([2H])([2H])c1ccc(-c2cccc(-n3c4ccccc4n4c5ccccc5nc34)c2C([2H])([2H])[2H])c(C([2H])([2H])[2H])c1-c1cccc2c1OC(C)(C)c1ccccc1OC2(C)C. The summed E-state index contributed by atoms with van der Waals surface area (Å²) in [7, 11) is -11.7. The van der Waals surface area contributed by atoms with Crippen molar-refractivity contribution in [3.63, 3.8) is 0 Å². The minimum Gasteiger partial charge on any atom is -0.539 e. The third kappa shape index (κ3) is 11.9. The van der Waals surface area contributed by atoms with E-state index in [4.69, 9.17) is 48.6 Å². The van der Waals surface area contributed by atoms with Crippen molar-refractivity contribution in [1.82, 2.24) is 14.0 Å². The summed E-state index contributed by atoms with van der Waals surface area (Å²) in [6, 6.07) is 67.7. The first-order chi connectivity index (χ1) is 59.4. The van der Waals surface area contributed by atoms with Crippen molar-refractivity contribution in [3.8, 4) is 95.8 Å². The van der Waals surface area contributed by atoms with E-state index in [9.17, 15) is 11.0 Å². The van der Waals surface area contributed by atoms with Gasteiger partial charge in [0.1, 0.15) is 45.7 Å². The number of rotatable bonds is 7. The van der Waals surface area contributed by atoms with Gasteiger partial charge in [-0.15, -0.1) is 0 Å². The van der Waals surface area contributed by atoms with E-state index in [1.807, 2.05) is 224 Å². The highest BCUT2D eigenvalue weighted by atomic mass is 28.4. The third-order valence-electron chi connectivity index (χ3n) is 21.4. The number of aromatic nitrogens is 3. The van der Waals surface area contributed by atoms with Crippen LogP contribution in [0, 0.1) is 41.1 Å². The molecule has 0 saturated carbocycles. The molecule has 0 fully saturated rings. The molecule has 0 amide bonds. The first kappa shape index (κ1) is 51.8. The van der Waals surface area contributed by atoms with Gasteiger partial charge >= 0.3 is 0 Å². The standard InChI is InChI=1S/C49H56O4Si4.C46H41N3O2/c1-13-35-29-31-37(34(4)47(35)39-21-19-27-45-49(39)53-55(7,8)43-25-17-15-23-41(43)51-57(45,11)12)36-30-28-32(2)46(33(36)3)38-20-18-26-44-48(38)52-54(5,6)42-24-16-14-22-40(42)50-56(44,9)10;1-28-26-27-32(30(3)42(28)33-17-14-19-35-43(33)51-45(4,5)34-18-8-13-25-41(34)50-46(35,6)7)31-16-15-24-37(29(31)2)48-39-22-11-12-23-40(39)49-38-21-10-9-20-36(38)47-44(48)49/h14-31H,13H2,1-12H3;8-27H,1-7H3/i2D3,3D3,4D3,13D2;1D3,2D3,3D3. The van der Waals surface area contributed by atoms with Crippen LogP contribution < -0.4 is 47.9 Å². The molecule has 0 N–H and O–H groups in total. The van der Waals surface area contributed by atoms with E-state index < -0.39 is 92.0 Å². The number of benzene rings is 12. The molecule has 0 unspecified atom stereocenters. The fourth-order valence-electron chi connectivity index (χ4n) is 16.1. The zero-order chi connectivity index (χ0) is 92.7. The largest absolute Gasteiger partial charge is 0.539 e. The van der Waals surface area contributed by atoms with Gasteiger partial charge in [-0.2, -0.15) is 0 Å². The van der Waals surface area contributed by atoms with E-state index in [0.717, 1.165) is 37.9 Å². The van der Waals surface area contributed by atoms with E-state index in [-0.39, 0.29) is 100 Å². The molecule has 13 heteroatoms. The van der Waals surface area contributed by atoms with Gasteiger partial charge in [0.05, 0.1) is 27.8 Å². The molecule has 3 aliphatic heterocycles. The van der Waals surface area contributed by atoms with E-state index in [2.05, 4.69) is 0 Å². The number of aryl methyl sites for hydroxylation is 3. The average Bonchev–Trinajstić information content (AvgIpc) is 1.58. The van der Waals surface area contributed by atoms with E-state index >= 15 is 0 Å². The Morgan fingerprint density at radius 3 is 1.36 bits per heavy atom. The van der Waals surface area contributed by atoms with Crippen molar-refractivity contribution in [2.45, 2.75) is 146 Å². The predicted octanol–water partition coefficient (Wildman–Crippen LogP) is 22.4. The topological polar surface area (TPSA) is 77.6 Å². The second kappa shape index (κ2) is 26.5. The van der Waals surface area contributed by atoms with Crippen LogP contribution in [0.15, 0.2) is 231 Å². The Morgan fingerprint density at radius 1 is 0.361 bits per heavy atom. The highest BCUT2D eigenvalue weighted by Crippen LogP contribution is 2.51. The molecule has 5 heterocycles. The molecule has 9 nitrogen and oxygen atoms in total. The molecule has 0 spiro atoms. The maximum absolute atomic E-state index is 9.34. The summed E-state index contributed by atoms with van der Waals surface area (Å²) in [6.07, 6.45) is -2.12. The van der Waals surface area contributed by atoms with Crippen molar-refractivity contribution < 1.29 is 54.6 Å². The molecular formula is C95H97N3O6Si4. The number of para-hydroxylation sites is 10. The highest BCUT2D eigenvalue weighted by Gasteiger charge is 2.45. The van der Waals surface area contributed by atoms with Gasteiger partial charge < -0.3 is 27.2 Å². The number of hydrogen-bond acceptors (Lipinski definition) is 7. The lowest BCUT2D eigenvalue weighted by Crippen LogP contribution is -2.57. The van der Waals surface area contributed by atoms with Crippen molar-refractivity contribution in [1.29, 1.82) is 0 Å². The molecule has 0 bridgehead atoms. The molecule has 0 saturated heterocycles. The summed E-state index contributed by atoms with van der Waals surface area (Å²) in [6.45, 7) is 7.59. The van der Waals surface area contributed by atoms with Gasteiger partial charge in [-0.05, 0) is 254 Å². The lowest BCUT2D eigenvalue weighted by Gasteiger charge is -2.39. The van der Waals surface area contributed by atoms with Crippen LogP contribution in [0.2, 0.25) is 52.4 Å². The first-order valence-corrected chi connectivity index (χ1v) is 48.0. The molecule has 108 heavy (non-hydrogen) atoms. The fraction of sp³-hybridized carbons (Fsp3) is 0.232. The second-order valence-electron chi connectivity index (χ2n) is 31.0. The summed E-state index contributed by atoms with van der Waals surface area (Å²) < 4.78 is 227. The molecular weight excluding hydrogens is 1390 g/mol. The van der Waals surface area contributed by atoms with Crippen molar-refractivity contribution >= 4 is 81.9 Å². The summed E-state index contributed by atoms with van der Waals surface area (Å²) in [5, 5.41) is 3.24. The third-order valence-corrected chi connectivity index (χ3v) is 31.1. The van der Waals surface area contributed by atoms with Gasteiger partial charge in [0.2, 0.25) is 5.78 Å². The zero-order valence-electron chi connectivity index (χ0n) is 82.7. The minimum absolute atomic E-state index is 0.0167.